The quantitative estimate of drug-likeness (QED) is 0.0421. The third kappa shape index (κ3) is 8.21. The lowest BCUT2D eigenvalue weighted by Gasteiger charge is -2.37. The van der Waals surface area contributed by atoms with Crippen LogP contribution in [0.3, 0.4) is 0 Å². The molecule has 284 valence electrons. The van der Waals surface area contributed by atoms with E-state index < -0.39 is 5.60 Å². The molecule has 0 amide bonds. The molecule has 8 heteroatoms. The molecule has 6 rings (SSSR count). The summed E-state index contributed by atoms with van der Waals surface area (Å²) in [6, 6.07) is 42.7. The van der Waals surface area contributed by atoms with Gasteiger partial charge in [0, 0.05) is 28.7 Å². The molecule has 0 aliphatic rings. The SMILES string of the molecule is C=Cc1ccc(-c2ccc(/C=C/c3ccc([N+](=O)[O-])c(C(C)COC(c4ccccc4)(c4ccc(OC)cc4)c4ccc(OC)cc4)c3)c(OC)c2)cc1OC. The molecule has 0 spiro atoms. The lowest BCUT2D eigenvalue weighted by Crippen LogP contribution is -2.34. The first-order chi connectivity index (χ1) is 27.2. The number of rotatable bonds is 16. The first kappa shape index (κ1) is 39.1. The second-order valence-corrected chi connectivity index (χ2v) is 13.2. The second-order valence-electron chi connectivity index (χ2n) is 13.2. The van der Waals surface area contributed by atoms with E-state index in [1.54, 1.807) is 46.6 Å². The molecule has 1 atom stereocenters. The molecule has 56 heavy (non-hydrogen) atoms. The topological polar surface area (TPSA) is 89.3 Å². The van der Waals surface area contributed by atoms with Crippen LogP contribution in [-0.2, 0) is 10.3 Å². The van der Waals surface area contributed by atoms with Crippen molar-refractivity contribution in [2.45, 2.75) is 18.4 Å². The number of nitro benzene ring substituents is 1. The molecule has 0 aliphatic carbocycles. The average molecular weight is 748 g/mol. The van der Waals surface area contributed by atoms with Gasteiger partial charge in [0.1, 0.15) is 28.6 Å². The summed E-state index contributed by atoms with van der Waals surface area (Å²) in [6.45, 7) is 5.98. The maximum absolute atomic E-state index is 12.4. The Morgan fingerprint density at radius 3 is 1.70 bits per heavy atom. The summed E-state index contributed by atoms with van der Waals surface area (Å²) in [5.74, 6) is 2.48. The maximum atomic E-state index is 12.4. The standard InChI is InChI=1S/C48H45NO7/c1-7-35-16-18-37(30-46(35)54-5)38-19-17-36(47(31-38)55-6)15-13-34-14-28-45(49(50)51)44(29-34)33(2)32-56-48(39-11-9-8-10-12-39,40-20-24-42(52-3)25-21-40)41-22-26-43(53-4)27-23-41/h7-31,33H,1,32H2,2-6H3/b15-13+. The smallest absolute Gasteiger partial charge is 0.272 e. The molecule has 0 saturated heterocycles. The van der Waals surface area contributed by atoms with E-state index in [2.05, 4.69) is 6.58 Å². The Bertz CT molecular complexity index is 2270. The number of nitro groups is 1. The van der Waals surface area contributed by atoms with Crippen molar-refractivity contribution in [1.29, 1.82) is 0 Å². The van der Waals surface area contributed by atoms with Crippen LogP contribution in [0.1, 0.15) is 51.8 Å². The molecule has 0 fully saturated rings. The van der Waals surface area contributed by atoms with Gasteiger partial charge >= 0.3 is 0 Å². The van der Waals surface area contributed by atoms with Gasteiger partial charge in [0.2, 0.25) is 0 Å². The van der Waals surface area contributed by atoms with Gasteiger partial charge < -0.3 is 23.7 Å². The molecule has 0 radical (unpaired) electrons. The molecule has 0 saturated carbocycles. The molecule has 0 aliphatic heterocycles. The number of methoxy groups -OCH3 is 4. The molecule has 0 heterocycles. The van der Waals surface area contributed by atoms with Crippen LogP contribution in [0.2, 0.25) is 0 Å². The lowest BCUT2D eigenvalue weighted by molar-refractivity contribution is -0.385. The largest absolute Gasteiger partial charge is 0.497 e. The van der Waals surface area contributed by atoms with Gasteiger partial charge in [-0.2, -0.15) is 0 Å². The van der Waals surface area contributed by atoms with Gasteiger partial charge in [-0.1, -0.05) is 111 Å². The highest BCUT2D eigenvalue weighted by molar-refractivity contribution is 5.77. The molecule has 0 aromatic heterocycles. The highest BCUT2D eigenvalue weighted by atomic mass is 16.6. The Hall–Kier alpha value is -6.64. The highest BCUT2D eigenvalue weighted by Crippen LogP contribution is 2.43. The van der Waals surface area contributed by atoms with E-state index in [4.69, 9.17) is 23.7 Å². The van der Waals surface area contributed by atoms with Crippen molar-refractivity contribution in [2.75, 3.05) is 35.0 Å². The summed E-state index contributed by atoms with van der Waals surface area (Å²) in [4.78, 5) is 12.1. The number of hydrogen-bond acceptors (Lipinski definition) is 7. The first-order valence-electron chi connectivity index (χ1n) is 18.2. The summed E-state index contributed by atoms with van der Waals surface area (Å²) in [5.41, 5.74) is 6.69. The van der Waals surface area contributed by atoms with Gasteiger partial charge in [0.15, 0.2) is 0 Å². The molecule has 8 nitrogen and oxygen atoms in total. The van der Waals surface area contributed by atoms with E-state index in [1.165, 1.54) is 0 Å². The third-order valence-corrected chi connectivity index (χ3v) is 9.98. The van der Waals surface area contributed by atoms with Crippen molar-refractivity contribution >= 4 is 23.9 Å². The van der Waals surface area contributed by atoms with E-state index in [0.717, 1.165) is 50.3 Å². The van der Waals surface area contributed by atoms with Gasteiger partial charge in [-0.05, 0) is 81.9 Å². The first-order valence-corrected chi connectivity index (χ1v) is 18.2. The van der Waals surface area contributed by atoms with Gasteiger partial charge in [-0.3, -0.25) is 10.1 Å². The van der Waals surface area contributed by atoms with Crippen molar-refractivity contribution in [1.82, 2.24) is 0 Å². The van der Waals surface area contributed by atoms with Crippen LogP contribution in [0, 0.1) is 10.1 Å². The number of benzene rings is 6. The average Bonchev–Trinajstić information content (AvgIpc) is 3.26. The Balaban J connectivity index is 1.34. The molecular weight excluding hydrogens is 703 g/mol. The third-order valence-electron chi connectivity index (χ3n) is 9.98. The van der Waals surface area contributed by atoms with Gasteiger partial charge in [0.25, 0.3) is 5.69 Å². The predicted molar refractivity (Wildman–Crippen MR) is 224 cm³/mol. The highest BCUT2D eigenvalue weighted by Gasteiger charge is 2.38. The van der Waals surface area contributed by atoms with Gasteiger partial charge in [-0.15, -0.1) is 0 Å². The number of nitrogens with zero attached hydrogens (tertiary/aromatic N) is 1. The molecular formula is C48H45NO7. The molecule has 0 N–H and O–H groups in total. The van der Waals surface area contributed by atoms with E-state index in [0.29, 0.717) is 22.8 Å². The normalized spacial score (nSPS) is 11.9. The fourth-order valence-electron chi connectivity index (χ4n) is 6.93. The van der Waals surface area contributed by atoms with E-state index in [9.17, 15) is 10.1 Å². The van der Waals surface area contributed by atoms with Crippen molar-refractivity contribution in [3.05, 3.63) is 189 Å². The lowest BCUT2D eigenvalue weighted by atomic mass is 9.79. The van der Waals surface area contributed by atoms with Crippen LogP contribution in [0.4, 0.5) is 5.69 Å². The van der Waals surface area contributed by atoms with E-state index in [-0.39, 0.29) is 23.1 Å². The van der Waals surface area contributed by atoms with Crippen LogP contribution < -0.4 is 18.9 Å². The molecule has 6 aromatic carbocycles. The summed E-state index contributed by atoms with van der Waals surface area (Å²) in [6.07, 6.45) is 5.64. The van der Waals surface area contributed by atoms with Crippen LogP contribution in [0.15, 0.2) is 140 Å². The summed E-state index contributed by atoms with van der Waals surface area (Å²) in [7, 11) is 6.54. The minimum Gasteiger partial charge on any atom is -0.497 e. The Kier molecular flexibility index (Phi) is 12.3. The number of hydrogen-bond donors (Lipinski definition) is 0. The monoisotopic (exact) mass is 747 g/mol. The van der Waals surface area contributed by atoms with Crippen molar-refractivity contribution in [2.24, 2.45) is 0 Å². The van der Waals surface area contributed by atoms with Gasteiger partial charge in [-0.25, -0.2) is 0 Å². The maximum Gasteiger partial charge on any atom is 0.272 e. The minimum atomic E-state index is -1.07. The van der Waals surface area contributed by atoms with Crippen LogP contribution in [0.25, 0.3) is 29.4 Å². The summed E-state index contributed by atoms with van der Waals surface area (Å²) in [5, 5.41) is 12.4. The predicted octanol–water partition coefficient (Wildman–Crippen LogP) is 11.2. The van der Waals surface area contributed by atoms with Crippen LogP contribution in [0.5, 0.6) is 23.0 Å². The second kappa shape index (κ2) is 17.7. The summed E-state index contributed by atoms with van der Waals surface area (Å²) < 4.78 is 29.4. The molecule has 6 aromatic rings. The number of ether oxygens (including phenoxy) is 5. The Labute approximate surface area is 328 Å². The zero-order valence-electron chi connectivity index (χ0n) is 32.2. The fourth-order valence-corrected chi connectivity index (χ4v) is 6.93. The Morgan fingerprint density at radius 2 is 1.18 bits per heavy atom. The van der Waals surface area contributed by atoms with Gasteiger partial charge in [0.05, 0.1) is 40.0 Å². The van der Waals surface area contributed by atoms with E-state index in [1.807, 2.05) is 140 Å². The zero-order chi connectivity index (χ0) is 39.7. The Morgan fingerprint density at radius 1 is 0.643 bits per heavy atom. The molecule has 0 bridgehead atoms. The van der Waals surface area contributed by atoms with Crippen molar-refractivity contribution < 1.29 is 28.6 Å². The zero-order valence-corrected chi connectivity index (χ0v) is 32.2. The van der Waals surface area contributed by atoms with Crippen molar-refractivity contribution in [3.8, 4) is 34.1 Å². The van der Waals surface area contributed by atoms with Crippen LogP contribution in [-0.4, -0.2) is 40.0 Å². The molecule has 1 unspecified atom stereocenters. The summed E-state index contributed by atoms with van der Waals surface area (Å²) >= 11 is 0. The minimum absolute atomic E-state index is 0.0253. The van der Waals surface area contributed by atoms with E-state index >= 15 is 0 Å². The fraction of sp³-hybridized carbons (Fsp3) is 0.167. The van der Waals surface area contributed by atoms with Crippen LogP contribution >= 0.6 is 0 Å². The van der Waals surface area contributed by atoms with Crippen molar-refractivity contribution in [3.63, 3.8) is 0 Å².